The summed E-state index contributed by atoms with van der Waals surface area (Å²) in [5.74, 6) is 0. The Bertz CT molecular complexity index is 302. The van der Waals surface area contributed by atoms with Crippen molar-refractivity contribution >= 4 is 23.2 Å². The van der Waals surface area contributed by atoms with Crippen LogP contribution in [0.4, 0.5) is 0 Å². The maximum Gasteiger partial charge on any atom is 0.0595 e. The highest BCUT2D eigenvalue weighted by Gasteiger charge is 2.02. The average molecular weight is 233 g/mol. The van der Waals surface area contributed by atoms with Crippen LogP contribution in [0.5, 0.6) is 0 Å². The van der Waals surface area contributed by atoms with E-state index in [4.69, 9.17) is 23.2 Å². The number of nitrogens with one attached hydrogen (secondary N) is 1. The molecule has 1 rings (SSSR count). The molecule has 14 heavy (non-hydrogen) atoms. The van der Waals surface area contributed by atoms with Gasteiger partial charge in [0.1, 0.15) is 0 Å². The molecule has 0 radical (unpaired) electrons. The lowest BCUT2D eigenvalue weighted by molar-refractivity contribution is 0.310. The highest BCUT2D eigenvalue weighted by molar-refractivity contribution is 6.42. The van der Waals surface area contributed by atoms with E-state index < -0.39 is 0 Å². The van der Waals surface area contributed by atoms with Crippen LogP contribution in [0.2, 0.25) is 10.0 Å². The van der Waals surface area contributed by atoms with E-state index in [0.29, 0.717) is 10.0 Å². The fourth-order valence-electron chi connectivity index (χ4n) is 1.28. The number of rotatable bonds is 4. The minimum Gasteiger partial charge on any atom is -0.307 e. The van der Waals surface area contributed by atoms with E-state index >= 15 is 0 Å². The highest BCUT2D eigenvalue weighted by atomic mass is 35.5. The first-order chi connectivity index (χ1) is 6.63. The minimum absolute atomic E-state index is 0.603. The third kappa shape index (κ3) is 3.46. The third-order valence-electron chi connectivity index (χ3n) is 1.86. The zero-order chi connectivity index (χ0) is 10.6. The summed E-state index contributed by atoms with van der Waals surface area (Å²) in [4.78, 5) is 2.15. The van der Waals surface area contributed by atoms with Gasteiger partial charge in [0.25, 0.3) is 0 Å². The molecule has 0 aliphatic heterocycles. The van der Waals surface area contributed by atoms with Crippen molar-refractivity contribution in [2.75, 3.05) is 20.8 Å². The van der Waals surface area contributed by atoms with Crippen LogP contribution in [0.25, 0.3) is 0 Å². The van der Waals surface area contributed by atoms with Crippen molar-refractivity contribution in [1.82, 2.24) is 10.2 Å². The molecule has 0 aromatic heterocycles. The second-order valence-electron chi connectivity index (χ2n) is 3.27. The van der Waals surface area contributed by atoms with E-state index in [-0.39, 0.29) is 0 Å². The molecule has 0 saturated heterocycles. The van der Waals surface area contributed by atoms with Crippen molar-refractivity contribution in [1.29, 1.82) is 0 Å². The van der Waals surface area contributed by atoms with Crippen molar-refractivity contribution in [3.8, 4) is 0 Å². The maximum atomic E-state index is 5.91. The van der Waals surface area contributed by atoms with Gasteiger partial charge in [0.05, 0.1) is 10.0 Å². The van der Waals surface area contributed by atoms with E-state index in [1.54, 1.807) is 0 Å². The molecule has 1 N–H and O–H groups in total. The summed E-state index contributed by atoms with van der Waals surface area (Å²) < 4.78 is 0. The molecule has 0 unspecified atom stereocenters. The van der Waals surface area contributed by atoms with Crippen LogP contribution in [0, 0.1) is 0 Å². The Morgan fingerprint density at radius 1 is 1.29 bits per heavy atom. The van der Waals surface area contributed by atoms with Crippen molar-refractivity contribution in [2.45, 2.75) is 6.54 Å². The Hall–Kier alpha value is -0.280. The van der Waals surface area contributed by atoms with Crippen LogP contribution >= 0.6 is 23.2 Å². The van der Waals surface area contributed by atoms with Crippen LogP contribution in [-0.4, -0.2) is 25.7 Å². The second-order valence-corrected chi connectivity index (χ2v) is 4.09. The lowest BCUT2D eigenvalue weighted by atomic mass is 10.2. The molecule has 0 heterocycles. The van der Waals surface area contributed by atoms with Gasteiger partial charge in [0.15, 0.2) is 0 Å². The quantitative estimate of drug-likeness (QED) is 0.804. The van der Waals surface area contributed by atoms with Gasteiger partial charge in [-0.25, -0.2) is 0 Å². The van der Waals surface area contributed by atoms with Gasteiger partial charge in [-0.15, -0.1) is 0 Å². The molecule has 0 aliphatic carbocycles. The normalized spacial score (nSPS) is 10.9. The molecule has 0 spiro atoms. The molecule has 0 bridgehead atoms. The van der Waals surface area contributed by atoms with Gasteiger partial charge < -0.3 is 5.32 Å². The van der Waals surface area contributed by atoms with Gasteiger partial charge in [-0.3, -0.25) is 4.90 Å². The largest absolute Gasteiger partial charge is 0.307 e. The van der Waals surface area contributed by atoms with Crippen molar-refractivity contribution < 1.29 is 0 Å². The Balaban J connectivity index is 2.63. The standard InChI is InChI=1S/C10H14Cl2N2/c1-13-7-14(2)6-8-3-4-9(11)10(12)5-8/h3-5,13H,6-7H2,1-2H3. The van der Waals surface area contributed by atoms with Gasteiger partial charge in [0, 0.05) is 13.2 Å². The summed E-state index contributed by atoms with van der Waals surface area (Å²) >= 11 is 11.7. The van der Waals surface area contributed by atoms with Crippen LogP contribution in [0.15, 0.2) is 18.2 Å². The predicted octanol–water partition coefficient (Wildman–Crippen LogP) is 2.60. The average Bonchev–Trinajstić information content (AvgIpc) is 2.12. The molecular weight excluding hydrogens is 219 g/mol. The Morgan fingerprint density at radius 2 is 2.00 bits per heavy atom. The summed E-state index contributed by atoms with van der Waals surface area (Å²) in [5, 5.41) is 4.30. The molecule has 4 heteroatoms. The van der Waals surface area contributed by atoms with E-state index in [9.17, 15) is 0 Å². The molecule has 78 valence electrons. The van der Waals surface area contributed by atoms with Crippen molar-refractivity contribution in [3.05, 3.63) is 33.8 Å². The first-order valence-electron chi connectivity index (χ1n) is 4.40. The molecule has 0 fully saturated rings. The van der Waals surface area contributed by atoms with Gasteiger partial charge in [-0.1, -0.05) is 29.3 Å². The zero-order valence-electron chi connectivity index (χ0n) is 8.35. The number of benzene rings is 1. The Kier molecular flexibility index (Phi) is 4.69. The first kappa shape index (κ1) is 11.8. The van der Waals surface area contributed by atoms with Crippen LogP contribution < -0.4 is 5.32 Å². The summed E-state index contributed by atoms with van der Waals surface area (Å²) in [6, 6.07) is 5.71. The molecule has 0 atom stereocenters. The maximum absolute atomic E-state index is 5.91. The molecule has 0 aliphatic rings. The Labute approximate surface area is 94.8 Å². The lowest BCUT2D eigenvalue weighted by Crippen LogP contribution is -2.27. The third-order valence-corrected chi connectivity index (χ3v) is 2.60. The number of nitrogens with zero attached hydrogens (tertiary/aromatic N) is 1. The monoisotopic (exact) mass is 232 g/mol. The van der Waals surface area contributed by atoms with Crippen molar-refractivity contribution in [3.63, 3.8) is 0 Å². The van der Waals surface area contributed by atoms with Crippen LogP contribution in [0.1, 0.15) is 5.56 Å². The van der Waals surface area contributed by atoms with Crippen molar-refractivity contribution in [2.24, 2.45) is 0 Å². The van der Waals surface area contributed by atoms with Gasteiger partial charge in [-0.05, 0) is 31.8 Å². The fraction of sp³-hybridized carbons (Fsp3) is 0.400. The van der Waals surface area contributed by atoms with E-state index in [0.717, 1.165) is 18.8 Å². The molecule has 1 aromatic carbocycles. The first-order valence-corrected chi connectivity index (χ1v) is 5.16. The Morgan fingerprint density at radius 3 is 2.57 bits per heavy atom. The van der Waals surface area contributed by atoms with Crippen LogP contribution in [-0.2, 0) is 6.54 Å². The van der Waals surface area contributed by atoms with Gasteiger partial charge >= 0.3 is 0 Å². The SMILES string of the molecule is CNCN(C)Cc1ccc(Cl)c(Cl)c1. The highest BCUT2D eigenvalue weighted by Crippen LogP contribution is 2.22. The number of halogens is 2. The van der Waals surface area contributed by atoms with E-state index in [1.165, 1.54) is 0 Å². The smallest absolute Gasteiger partial charge is 0.0595 e. The van der Waals surface area contributed by atoms with Gasteiger partial charge in [0.2, 0.25) is 0 Å². The zero-order valence-corrected chi connectivity index (χ0v) is 9.86. The fourth-order valence-corrected chi connectivity index (χ4v) is 1.60. The predicted molar refractivity (Wildman–Crippen MR) is 61.9 cm³/mol. The number of hydrogen-bond donors (Lipinski definition) is 1. The molecule has 1 aromatic rings. The summed E-state index contributed by atoms with van der Waals surface area (Å²) in [6.07, 6.45) is 0. The van der Waals surface area contributed by atoms with Gasteiger partial charge in [-0.2, -0.15) is 0 Å². The minimum atomic E-state index is 0.603. The summed E-state index contributed by atoms with van der Waals surface area (Å²) in [7, 11) is 3.96. The molecule has 0 saturated carbocycles. The van der Waals surface area contributed by atoms with Crippen LogP contribution in [0.3, 0.4) is 0 Å². The molecular formula is C10H14Cl2N2. The summed E-state index contributed by atoms with van der Waals surface area (Å²) in [6.45, 7) is 1.71. The summed E-state index contributed by atoms with van der Waals surface area (Å²) in [5.41, 5.74) is 1.16. The van der Waals surface area contributed by atoms with E-state index in [2.05, 4.69) is 10.2 Å². The molecule has 0 amide bonds. The lowest BCUT2D eigenvalue weighted by Gasteiger charge is -2.16. The number of hydrogen-bond acceptors (Lipinski definition) is 2. The molecule has 2 nitrogen and oxygen atoms in total. The van der Waals surface area contributed by atoms with E-state index in [1.807, 2.05) is 32.3 Å². The topological polar surface area (TPSA) is 15.3 Å². The second kappa shape index (κ2) is 5.56.